The molecule has 0 saturated carbocycles. The van der Waals surface area contributed by atoms with Gasteiger partial charge >= 0.3 is 59.1 Å². The maximum absolute atomic E-state index is 12.8. The topological polar surface area (TPSA) is 171 Å². The molecule has 1 aliphatic heterocycles. The van der Waals surface area contributed by atoms with Gasteiger partial charge in [-0.25, -0.2) is 0 Å². The number of phenols is 1. The molecule has 0 spiro atoms. The van der Waals surface area contributed by atoms with Crippen LogP contribution in [0.1, 0.15) is 32.4 Å². The number of carbonyl (C=O) groups is 4. The largest absolute Gasteiger partial charge is 1.00 e. The summed E-state index contributed by atoms with van der Waals surface area (Å²) in [5.74, 6) is -4.43. The van der Waals surface area contributed by atoms with Gasteiger partial charge in [-0.15, -0.1) is 11.8 Å². The van der Waals surface area contributed by atoms with Crippen molar-refractivity contribution in [2.24, 2.45) is 0 Å². The maximum Gasteiger partial charge on any atom is 1.00 e. The molecule has 158 valence electrons. The molecule has 1 saturated heterocycles. The number of carbonyl (C=O) groups excluding carboxylic acids is 4. The summed E-state index contributed by atoms with van der Waals surface area (Å²) < 4.78 is -0.893. The number of aromatic hydroxyl groups is 1. The van der Waals surface area contributed by atoms with Crippen LogP contribution in [0.3, 0.4) is 0 Å². The second-order valence-electron chi connectivity index (χ2n) is 7.09. The number of thioether (sulfide) groups is 1. The Balaban J connectivity index is 0.00000450. The van der Waals surface area contributed by atoms with Crippen LogP contribution in [-0.4, -0.2) is 51.1 Å². The summed E-state index contributed by atoms with van der Waals surface area (Å²) in [5.41, 5.74) is 0.313. The quantitative estimate of drug-likeness (QED) is 0.283. The van der Waals surface area contributed by atoms with Crippen LogP contribution in [0.15, 0.2) is 24.3 Å². The van der Waals surface area contributed by atoms with Gasteiger partial charge in [0.1, 0.15) is 11.8 Å². The fourth-order valence-electron chi connectivity index (χ4n) is 2.98. The number of rotatable bonds is 7. The first kappa shape index (κ1) is 30.2. The van der Waals surface area contributed by atoms with Gasteiger partial charge in [-0.05, 0) is 31.5 Å². The van der Waals surface area contributed by atoms with E-state index in [0.717, 1.165) is 11.8 Å². The molecule has 13 heteroatoms. The Bertz CT molecular complexity index is 823. The predicted molar refractivity (Wildman–Crippen MR) is 99.0 cm³/mol. The SMILES string of the molecule is CC(=O)N[C@@H](C(=O)N[C@H](C(=O)[O-])[C@@H]1N[C@@H](C(=O)[O-])C(C)(C)S1)c1ccc(O)cc1.[Na+].[Na+]. The summed E-state index contributed by atoms with van der Waals surface area (Å²) in [6.07, 6.45) is 0. The van der Waals surface area contributed by atoms with Crippen LogP contribution < -0.4 is 85.3 Å². The van der Waals surface area contributed by atoms with Gasteiger partial charge < -0.3 is 35.5 Å². The van der Waals surface area contributed by atoms with Crippen LogP contribution >= 0.6 is 11.8 Å². The molecule has 1 aromatic carbocycles. The minimum atomic E-state index is -1.62. The Morgan fingerprint density at radius 3 is 2.06 bits per heavy atom. The van der Waals surface area contributed by atoms with Crippen molar-refractivity contribution < 1.29 is 93.6 Å². The summed E-state index contributed by atoms with van der Waals surface area (Å²) in [6, 6.07) is 1.49. The number of hydrogen-bond acceptors (Lipinski definition) is 9. The van der Waals surface area contributed by atoms with E-state index < -0.39 is 52.0 Å². The number of carboxylic acids is 2. The monoisotopic (exact) mass is 469 g/mol. The van der Waals surface area contributed by atoms with Crippen LogP contribution in [0.2, 0.25) is 0 Å². The van der Waals surface area contributed by atoms with E-state index in [1.807, 2.05) is 0 Å². The summed E-state index contributed by atoms with van der Waals surface area (Å²) >= 11 is 1.02. The van der Waals surface area contributed by atoms with Gasteiger partial charge in [0.05, 0.1) is 29.4 Å². The summed E-state index contributed by atoms with van der Waals surface area (Å²) in [4.78, 5) is 47.3. The Hall–Kier alpha value is -0.790. The van der Waals surface area contributed by atoms with Crippen LogP contribution in [0.5, 0.6) is 5.75 Å². The number of aliphatic carboxylic acids is 2. The third-order valence-corrected chi connectivity index (χ3v) is 5.89. The molecule has 1 aliphatic rings. The molecular weight excluding hydrogens is 448 g/mol. The van der Waals surface area contributed by atoms with Crippen molar-refractivity contribution in [3.8, 4) is 5.75 Å². The van der Waals surface area contributed by atoms with Crippen molar-refractivity contribution in [1.29, 1.82) is 0 Å². The maximum atomic E-state index is 12.8. The number of hydrogen-bond donors (Lipinski definition) is 4. The Morgan fingerprint density at radius 1 is 1.10 bits per heavy atom. The zero-order chi connectivity index (χ0) is 21.9. The van der Waals surface area contributed by atoms with Gasteiger partial charge in [0, 0.05) is 11.7 Å². The fourth-order valence-corrected chi connectivity index (χ4v) is 4.45. The van der Waals surface area contributed by atoms with Crippen LogP contribution in [0.25, 0.3) is 0 Å². The Labute approximate surface area is 227 Å². The summed E-state index contributed by atoms with van der Waals surface area (Å²) in [5, 5.41) is 38.7. The molecule has 1 aromatic rings. The number of benzene rings is 1. The molecule has 0 bridgehead atoms. The average molecular weight is 469 g/mol. The van der Waals surface area contributed by atoms with Crippen molar-refractivity contribution in [3.63, 3.8) is 0 Å². The van der Waals surface area contributed by atoms with E-state index >= 15 is 0 Å². The van der Waals surface area contributed by atoms with E-state index in [1.165, 1.54) is 31.2 Å². The first-order valence-corrected chi connectivity index (χ1v) is 9.52. The number of phenolic OH excluding ortho intramolecular Hbond substituents is 1. The van der Waals surface area contributed by atoms with Gasteiger partial charge in [0.15, 0.2) is 0 Å². The minimum Gasteiger partial charge on any atom is -0.548 e. The van der Waals surface area contributed by atoms with Gasteiger partial charge in [-0.3, -0.25) is 14.9 Å². The Morgan fingerprint density at radius 2 is 1.65 bits per heavy atom. The molecule has 4 N–H and O–H groups in total. The molecule has 0 radical (unpaired) electrons. The molecule has 2 rings (SSSR count). The first-order chi connectivity index (χ1) is 13.4. The number of amides is 2. The summed E-state index contributed by atoms with van der Waals surface area (Å²) in [7, 11) is 0. The van der Waals surface area contributed by atoms with E-state index in [2.05, 4.69) is 16.0 Å². The second-order valence-corrected chi connectivity index (χ2v) is 8.89. The van der Waals surface area contributed by atoms with E-state index in [1.54, 1.807) is 13.8 Å². The molecule has 2 amide bonds. The zero-order valence-electron chi connectivity index (χ0n) is 17.9. The molecule has 1 fully saturated rings. The third kappa shape index (κ3) is 7.93. The first-order valence-electron chi connectivity index (χ1n) is 8.64. The van der Waals surface area contributed by atoms with Crippen LogP contribution in [0.4, 0.5) is 0 Å². The molecule has 0 unspecified atom stereocenters. The molecular formula is C18H21N3Na2O7S. The molecule has 10 nitrogen and oxygen atoms in total. The fraction of sp³-hybridized carbons (Fsp3) is 0.444. The van der Waals surface area contributed by atoms with E-state index in [9.17, 15) is 34.5 Å². The van der Waals surface area contributed by atoms with Crippen molar-refractivity contribution in [2.45, 2.75) is 49.0 Å². The Kier molecular flexibility index (Phi) is 12.1. The van der Waals surface area contributed by atoms with Crippen molar-refractivity contribution >= 4 is 35.5 Å². The molecule has 31 heavy (non-hydrogen) atoms. The smallest absolute Gasteiger partial charge is 0.548 e. The predicted octanol–water partition coefficient (Wildman–Crippen LogP) is -8.63. The van der Waals surface area contributed by atoms with Gasteiger partial charge in [-0.1, -0.05) is 12.1 Å². The normalized spacial score (nSPS) is 20.9. The van der Waals surface area contributed by atoms with Crippen LogP contribution in [-0.2, 0) is 19.2 Å². The third-order valence-electron chi connectivity index (χ3n) is 4.38. The van der Waals surface area contributed by atoms with Crippen LogP contribution in [0, 0.1) is 0 Å². The van der Waals surface area contributed by atoms with Crippen molar-refractivity contribution in [2.75, 3.05) is 0 Å². The van der Waals surface area contributed by atoms with E-state index in [-0.39, 0.29) is 64.9 Å². The minimum absolute atomic E-state index is 0. The van der Waals surface area contributed by atoms with Gasteiger partial charge in [0.2, 0.25) is 11.8 Å². The van der Waals surface area contributed by atoms with Gasteiger partial charge in [-0.2, -0.15) is 0 Å². The average Bonchev–Trinajstić information content (AvgIpc) is 2.93. The van der Waals surface area contributed by atoms with Gasteiger partial charge in [0.25, 0.3) is 0 Å². The van der Waals surface area contributed by atoms with Crippen molar-refractivity contribution in [1.82, 2.24) is 16.0 Å². The molecule has 0 aliphatic carbocycles. The summed E-state index contributed by atoms with van der Waals surface area (Å²) in [6.45, 7) is 4.41. The zero-order valence-corrected chi connectivity index (χ0v) is 22.7. The number of carboxylic acid groups (broad SMARTS) is 2. The number of nitrogens with one attached hydrogen (secondary N) is 3. The standard InChI is InChI=1S/C18H23N3O7S.2Na/c1-8(22)19-11(9-4-6-10(23)7-5-9)14(24)20-12(16(25)26)15-21-13(17(27)28)18(2,3)29-15;;/h4-7,11-13,15,21,23H,1-3H3,(H,19,22)(H,20,24)(H,25,26)(H,27,28);;/q;2*+1/p-2/t11-,12+,13+,15-;;/m1../s1. The van der Waals surface area contributed by atoms with E-state index in [4.69, 9.17) is 0 Å². The van der Waals surface area contributed by atoms with E-state index in [0.29, 0.717) is 5.56 Å². The molecule has 0 aromatic heterocycles. The second kappa shape index (κ2) is 12.4. The molecule has 1 heterocycles. The van der Waals surface area contributed by atoms with Crippen molar-refractivity contribution in [3.05, 3.63) is 29.8 Å². The molecule has 4 atom stereocenters.